The Balaban J connectivity index is 1.36. The van der Waals surface area contributed by atoms with Gasteiger partial charge in [-0.15, -0.1) is 0 Å². The van der Waals surface area contributed by atoms with E-state index in [0.717, 1.165) is 27.8 Å². The van der Waals surface area contributed by atoms with Crippen molar-refractivity contribution in [2.24, 2.45) is 0 Å². The van der Waals surface area contributed by atoms with E-state index in [1.165, 1.54) is 6.08 Å². The zero-order chi connectivity index (χ0) is 19.3. The molecule has 1 N–H and O–H groups in total. The lowest BCUT2D eigenvalue weighted by Gasteiger charge is -2.03. The number of carbonyl (C=O) groups excluding carboxylic acids is 1. The average Bonchev–Trinajstić information content (AvgIpc) is 3.16. The maximum Gasteiger partial charge on any atom is 0.244 e. The molecule has 0 aliphatic carbocycles. The number of benzene rings is 3. The first-order valence-corrected chi connectivity index (χ1v) is 9.21. The number of oxazole rings is 1. The lowest BCUT2D eigenvalue weighted by Crippen LogP contribution is -2.20. The molecule has 3 aromatic carbocycles. The Bertz CT molecular complexity index is 1100. The predicted octanol–water partition coefficient (Wildman–Crippen LogP) is 5.48. The van der Waals surface area contributed by atoms with Crippen LogP contribution in [0.2, 0.25) is 5.02 Å². The van der Waals surface area contributed by atoms with Crippen molar-refractivity contribution in [3.63, 3.8) is 0 Å². The Labute approximate surface area is 167 Å². The number of fused-ring (bicyclic) bond motifs is 1. The van der Waals surface area contributed by atoms with Gasteiger partial charge in [-0.2, -0.15) is 0 Å². The standard InChI is InChI=1S/C23H17ClN2O2/c24-19-12-7-16(8-13-19)9-14-22(27)25-15-17-5-10-18(11-6-17)23-26-20-3-1-2-4-21(20)28-23/h1-14H,15H2,(H,25,27)/b14-9+. The summed E-state index contributed by atoms with van der Waals surface area (Å²) in [5.41, 5.74) is 4.41. The van der Waals surface area contributed by atoms with Crippen molar-refractivity contribution in [3.8, 4) is 11.5 Å². The minimum atomic E-state index is -0.155. The van der Waals surface area contributed by atoms with Crippen LogP contribution in [0, 0.1) is 0 Å². The third-order valence-electron chi connectivity index (χ3n) is 4.26. The van der Waals surface area contributed by atoms with Gasteiger partial charge in [0.25, 0.3) is 0 Å². The third-order valence-corrected chi connectivity index (χ3v) is 4.51. The molecular formula is C23H17ClN2O2. The van der Waals surface area contributed by atoms with Crippen LogP contribution >= 0.6 is 11.6 Å². The van der Waals surface area contributed by atoms with E-state index in [-0.39, 0.29) is 5.91 Å². The van der Waals surface area contributed by atoms with E-state index in [4.69, 9.17) is 16.0 Å². The topological polar surface area (TPSA) is 55.1 Å². The second-order valence-electron chi connectivity index (χ2n) is 6.29. The molecule has 28 heavy (non-hydrogen) atoms. The summed E-state index contributed by atoms with van der Waals surface area (Å²) in [5, 5.41) is 3.54. The molecule has 0 spiro atoms. The van der Waals surface area contributed by atoms with Crippen molar-refractivity contribution in [1.82, 2.24) is 10.3 Å². The van der Waals surface area contributed by atoms with Crippen molar-refractivity contribution in [2.45, 2.75) is 6.54 Å². The second-order valence-corrected chi connectivity index (χ2v) is 6.72. The van der Waals surface area contributed by atoms with E-state index in [1.54, 1.807) is 18.2 Å². The smallest absolute Gasteiger partial charge is 0.244 e. The van der Waals surface area contributed by atoms with Gasteiger partial charge in [0, 0.05) is 23.2 Å². The molecule has 0 unspecified atom stereocenters. The van der Waals surface area contributed by atoms with Gasteiger partial charge >= 0.3 is 0 Å². The number of nitrogens with zero attached hydrogens (tertiary/aromatic N) is 1. The van der Waals surface area contributed by atoms with Crippen LogP contribution in [0.25, 0.3) is 28.6 Å². The Hall–Kier alpha value is -3.37. The Morgan fingerprint density at radius 1 is 1.00 bits per heavy atom. The van der Waals surface area contributed by atoms with Gasteiger partial charge < -0.3 is 9.73 Å². The molecule has 4 nitrogen and oxygen atoms in total. The number of hydrogen-bond acceptors (Lipinski definition) is 3. The molecule has 0 saturated carbocycles. The summed E-state index contributed by atoms with van der Waals surface area (Å²) in [5.74, 6) is 0.431. The molecule has 1 aromatic heterocycles. The monoisotopic (exact) mass is 388 g/mol. The van der Waals surface area contributed by atoms with Gasteiger partial charge in [-0.1, -0.05) is 48.0 Å². The van der Waals surface area contributed by atoms with Crippen LogP contribution < -0.4 is 5.32 Å². The van der Waals surface area contributed by atoms with Crippen molar-refractivity contribution >= 4 is 34.7 Å². The summed E-state index contributed by atoms with van der Waals surface area (Å²) in [7, 11) is 0. The first-order valence-electron chi connectivity index (χ1n) is 8.84. The average molecular weight is 389 g/mol. The zero-order valence-electron chi connectivity index (χ0n) is 14.9. The van der Waals surface area contributed by atoms with Crippen LogP contribution in [0.15, 0.2) is 83.3 Å². The molecule has 0 atom stereocenters. The van der Waals surface area contributed by atoms with E-state index < -0.39 is 0 Å². The van der Waals surface area contributed by atoms with Gasteiger partial charge in [0.2, 0.25) is 11.8 Å². The molecule has 1 amide bonds. The number of rotatable bonds is 5. The molecule has 0 saturated heterocycles. The van der Waals surface area contributed by atoms with Gasteiger partial charge in [-0.25, -0.2) is 4.98 Å². The van der Waals surface area contributed by atoms with Crippen LogP contribution in [-0.4, -0.2) is 10.9 Å². The maximum atomic E-state index is 12.0. The molecule has 0 fully saturated rings. The van der Waals surface area contributed by atoms with Crippen molar-refractivity contribution in [1.29, 1.82) is 0 Å². The Morgan fingerprint density at radius 3 is 2.50 bits per heavy atom. The molecule has 1 heterocycles. The van der Waals surface area contributed by atoms with E-state index in [9.17, 15) is 4.79 Å². The highest BCUT2D eigenvalue weighted by atomic mass is 35.5. The minimum Gasteiger partial charge on any atom is -0.436 e. The van der Waals surface area contributed by atoms with E-state index in [0.29, 0.717) is 17.5 Å². The highest BCUT2D eigenvalue weighted by molar-refractivity contribution is 6.30. The van der Waals surface area contributed by atoms with Crippen molar-refractivity contribution in [3.05, 3.63) is 95.0 Å². The molecule has 0 aliphatic heterocycles. The summed E-state index contributed by atoms with van der Waals surface area (Å²) in [6.07, 6.45) is 3.26. The lowest BCUT2D eigenvalue weighted by atomic mass is 10.1. The normalized spacial score (nSPS) is 11.2. The molecule has 4 aromatic rings. The summed E-state index contributed by atoms with van der Waals surface area (Å²) in [6, 6.07) is 22.7. The zero-order valence-corrected chi connectivity index (χ0v) is 15.7. The lowest BCUT2D eigenvalue weighted by molar-refractivity contribution is -0.116. The predicted molar refractivity (Wildman–Crippen MR) is 112 cm³/mol. The van der Waals surface area contributed by atoms with E-state index >= 15 is 0 Å². The second kappa shape index (κ2) is 8.11. The minimum absolute atomic E-state index is 0.155. The van der Waals surface area contributed by atoms with Gasteiger partial charge in [-0.05, 0) is 53.6 Å². The Kier molecular flexibility index (Phi) is 5.22. The van der Waals surface area contributed by atoms with E-state index in [2.05, 4.69) is 10.3 Å². The molecule has 0 aliphatic rings. The maximum absolute atomic E-state index is 12.0. The Morgan fingerprint density at radius 2 is 1.75 bits per heavy atom. The van der Waals surface area contributed by atoms with Gasteiger partial charge in [0.15, 0.2) is 5.58 Å². The van der Waals surface area contributed by atoms with Crippen molar-refractivity contribution in [2.75, 3.05) is 0 Å². The first-order chi connectivity index (χ1) is 13.7. The number of hydrogen-bond donors (Lipinski definition) is 1. The quantitative estimate of drug-likeness (QED) is 0.461. The number of para-hydroxylation sites is 2. The van der Waals surface area contributed by atoms with Crippen LogP contribution in [0.5, 0.6) is 0 Å². The highest BCUT2D eigenvalue weighted by Gasteiger charge is 2.07. The van der Waals surface area contributed by atoms with Crippen LogP contribution in [0.1, 0.15) is 11.1 Å². The third kappa shape index (κ3) is 4.30. The number of aromatic nitrogens is 1. The largest absolute Gasteiger partial charge is 0.436 e. The fourth-order valence-electron chi connectivity index (χ4n) is 2.75. The SMILES string of the molecule is O=C(/C=C/c1ccc(Cl)cc1)NCc1ccc(-c2nc3ccccc3o2)cc1. The van der Waals surface area contributed by atoms with Gasteiger partial charge in [-0.3, -0.25) is 4.79 Å². The van der Waals surface area contributed by atoms with Crippen LogP contribution in [0.4, 0.5) is 0 Å². The first kappa shape index (κ1) is 18.0. The number of carbonyl (C=O) groups is 1. The van der Waals surface area contributed by atoms with E-state index in [1.807, 2.05) is 60.7 Å². The van der Waals surface area contributed by atoms with Crippen LogP contribution in [0.3, 0.4) is 0 Å². The molecule has 0 bridgehead atoms. The number of nitrogens with one attached hydrogen (secondary N) is 1. The highest BCUT2D eigenvalue weighted by Crippen LogP contribution is 2.24. The molecule has 5 heteroatoms. The fraction of sp³-hybridized carbons (Fsp3) is 0.0435. The molecule has 0 radical (unpaired) electrons. The summed E-state index contributed by atoms with van der Waals surface area (Å²) in [4.78, 5) is 16.5. The molecule has 138 valence electrons. The molecular weight excluding hydrogens is 372 g/mol. The number of amides is 1. The van der Waals surface area contributed by atoms with Gasteiger partial charge in [0.05, 0.1) is 0 Å². The summed E-state index contributed by atoms with van der Waals surface area (Å²) < 4.78 is 5.78. The number of halogens is 1. The van der Waals surface area contributed by atoms with Crippen LogP contribution in [-0.2, 0) is 11.3 Å². The van der Waals surface area contributed by atoms with Crippen molar-refractivity contribution < 1.29 is 9.21 Å². The van der Waals surface area contributed by atoms with Gasteiger partial charge in [0.1, 0.15) is 5.52 Å². The molecule has 4 rings (SSSR count). The summed E-state index contributed by atoms with van der Waals surface area (Å²) in [6.45, 7) is 0.442. The summed E-state index contributed by atoms with van der Waals surface area (Å²) >= 11 is 5.85. The fourth-order valence-corrected chi connectivity index (χ4v) is 2.88.